The van der Waals surface area contributed by atoms with E-state index in [1.165, 1.54) is 64.7 Å². The van der Waals surface area contributed by atoms with Crippen molar-refractivity contribution in [3.8, 4) is 0 Å². The summed E-state index contributed by atoms with van der Waals surface area (Å²) in [5.74, 6) is 1.72. The monoisotopic (exact) mass is 238 g/mol. The number of nitrogens with one attached hydrogen (secondary N) is 1. The number of likely N-dealkylation sites (tertiary alicyclic amines) is 1. The maximum absolute atomic E-state index is 3.62. The molecule has 2 aliphatic rings. The summed E-state index contributed by atoms with van der Waals surface area (Å²) in [5.41, 5.74) is 0. The molecule has 2 nitrogen and oxygen atoms in total. The van der Waals surface area contributed by atoms with Crippen molar-refractivity contribution in [1.29, 1.82) is 0 Å². The number of piperidine rings is 1. The third kappa shape index (κ3) is 4.26. The van der Waals surface area contributed by atoms with E-state index in [0.717, 1.165) is 17.9 Å². The van der Waals surface area contributed by atoms with Gasteiger partial charge in [-0.05, 0) is 63.7 Å². The summed E-state index contributed by atoms with van der Waals surface area (Å²) in [4.78, 5) is 2.77. The summed E-state index contributed by atoms with van der Waals surface area (Å²) in [6, 6.07) is 0.944. The predicted molar refractivity (Wildman–Crippen MR) is 74.3 cm³/mol. The molecular weight excluding hydrogens is 208 g/mol. The number of hydrogen-bond acceptors (Lipinski definition) is 2. The van der Waals surface area contributed by atoms with Crippen LogP contribution in [0, 0.1) is 11.8 Å². The van der Waals surface area contributed by atoms with Gasteiger partial charge in [0.15, 0.2) is 0 Å². The summed E-state index contributed by atoms with van der Waals surface area (Å²) in [7, 11) is 0. The van der Waals surface area contributed by atoms with Gasteiger partial charge in [-0.3, -0.25) is 0 Å². The van der Waals surface area contributed by atoms with Gasteiger partial charge in [-0.1, -0.05) is 26.7 Å². The van der Waals surface area contributed by atoms with E-state index in [-0.39, 0.29) is 0 Å². The molecule has 0 amide bonds. The quantitative estimate of drug-likeness (QED) is 0.792. The minimum Gasteiger partial charge on any atom is -0.316 e. The van der Waals surface area contributed by atoms with Crippen molar-refractivity contribution >= 4 is 0 Å². The lowest BCUT2D eigenvalue weighted by atomic mass is 9.95. The van der Waals surface area contributed by atoms with E-state index < -0.39 is 0 Å². The molecule has 1 saturated heterocycles. The van der Waals surface area contributed by atoms with Crippen LogP contribution in [0.15, 0.2) is 0 Å². The molecule has 2 fully saturated rings. The first-order valence-corrected chi connectivity index (χ1v) is 7.70. The molecule has 0 radical (unpaired) electrons. The Balaban J connectivity index is 1.60. The second-order valence-corrected chi connectivity index (χ2v) is 6.47. The average Bonchev–Trinajstić information content (AvgIpc) is 2.83. The van der Waals surface area contributed by atoms with Crippen LogP contribution in [0.25, 0.3) is 0 Å². The Hall–Kier alpha value is -0.0800. The maximum atomic E-state index is 3.62. The highest BCUT2D eigenvalue weighted by atomic mass is 15.2. The Morgan fingerprint density at radius 1 is 1.06 bits per heavy atom. The topological polar surface area (TPSA) is 15.3 Å². The maximum Gasteiger partial charge on any atom is 0.00952 e. The second kappa shape index (κ2) is 6.75. The van der Waals surface area contributed by atoms with Crippen molar-refractivity contribution in [3.63, 3.8) is 0 Å². The molecule has 17 heavy (non-hydrogen) atoms. The van der Waals surface area contributed by atoms with E-state index in [4.69, 9.17) is 0 Å². The van der Waals surface area contributed by atoms with E-state index in [1.807, 2.05) is 0 Å². The zero-order valence-corrected chi connectivity index (χ0v) is 11.8. The molecule has 1 saturated carbocycles. The molecule has 1 N–H and O–H groups in total. The van der Waals surface area contributed by atoms with Crippen LogP contribution in [-0.4, -0.2) is 37.1 Å². The van der Waals surface area contributed by atoms with Crippen LogP contribution in [0.5, 0.6) is 0 Å². The van der Waals surface area contributed by atoms with Gasteiger partial charge >= 0.3 is 0 Å². The molecule has 1 aliphatic carbocycles. The Kier molecular flexibility index (Phi) is 5.30. The van der Waals surface area contributed by atoms with Crippen LogP contribution in [0.2, 0.25) is 0 Å². The average molecular weight is 238 g/mol. The fourth-order valence-electron chi connectivity index (χ4n) is 3.37. The highest BCUT2D eigenvalue weighted by Crippen LogP contribution is 2.27. The first-order valence-electron chi connectivity index (χ1n) is 7.70. The van der Waals surface area contributed by atoms with Crippen molar-refractivity contribution in [2.75, 3.05) is 26.2 Å². The third-order valence-corrected chi connectivity index (χ3v) is 4.48. The molecule has 0 atom stereocenters. The van der Waals surface area contributed by atoms with Crippen LogP contribution < -0.4 is 5.32 Å². The Morgan fingerprint density at radius 3 is 2.29 bits per heavy atom. The lowest BCUT2D eigenvalue weighted by molar-refractivity contribution is 0.133. The van der Waals surface area contributed by atoms with Crippen LogP contribution in [0.3, 0.4) is 0 Å². The minimum absolute atomic E-state index is 0.786. The Morgan fingerprint density at radius 2 is 1.71 bits per heavy atom. The predicted octanol–water partition coefficient (Wildman–Crippen LogP) is 2.89. The fourth-order valence-corrected chi connectivity index (χ4v) is 3.37. The van der Waals surface area contributed by atoms with E-state index in [0.29, 0.717) is 0 Å². The molecule has 1 heterocycles. The van der Waals surface area contributed by atoms with Crippen LogP contribution >= 0.6 is 0 Å². The van der Waals surface area contributed by atoms with Gasteiger partial charge in [0.1, 0.15) is 0 Å². The SMILES string of the molecule is CC(C)CNCC1CCN(C2CCCC2)CC1. The smallest absolute Gasteiger partial charge is 0.00952 e. The van der Waals surface area contributed by atoms with Gasteiger partial charge in [0, 0.05) is 6.04 Å². The minimum atomic E-state index is 0.786. The van der Waals surface area contributed by atoms with Crippen LogP contribution in [-0.2, 0) is 0 Å². The van der Waals surface area contributed by atoms with Crippen molar-refractivity contribution in [2.45, 2.75) is 58.4 Å². The van der Waals surface area contributed by atoms with E-state index in [2.05, 4.69) is 24.1 Å². The first-order chi connectivity index (χ1) is 8.25. The summed E-state index contributed by atoms with van der Waals surface area (Å²) in [6.07, 6.45) is 8.72. The molecule has 0 bridgehead atoms. The molecule has 100 valence electrons. The van der Waals surface area contributed by atoms with Crippen molar-refractivity contribution in [1.82, 2.24) is 10.2 Å². The van der Waals surface area contributed by atoms with E-state index >= 15 is 0 Å². The summed E-state index contributed by atoms with van der Waals surface area (Å²) < 4.78 is 0. The highest BCUT2D eigenvalue weighted by Gasteiger charge is 2.26. The largest absolute Gasteiger partial charge is 0.316 e. The zero-order chi connectivity index (χ0) is 12.1. The molecule has 2 rings (SSSR count). The Bertz CT molecular complexity index is 201. The van der Waals surface area contributed by atoms with Crippen molar-refractivity contribution < 1.29 is 0 Å². The summed E-state index contributed by atoms with van der Waals surface area (Å²) in [5, 5.41) is 3.62. The lowest BCUT2D eigenvalue weighted by Gasteiger charge is -2.36. The first kappa shape index (κ1) is 13.4. The normalized spacial score (nSPS) is 24.9. The molecule has 0 aromatic carbocycles. The highest BCUT2D eigenvalue weighted by molar-refractivity contribution is 4.82. The molecule has 0 unspecified atom stereocenters. The molecule has 2 heteroatoms. The van der Waals surface area contributed by atoms with Gasteiger partial charge in [-0.2, -0.15) is 0 Å². The molecule has 0 spiro atoms. The van der Waals surface area contributed by atoms with Gasteiger partial charge in [0.2, 0.25) is 0 Å². The van der Waals surface area contributed by atoms with Gasteiger partial charge in [-0.25, -0.2) is 0 Å². The van der Waals surface area contributed by atoms with Gasteiger partial charge in [0.25, 0.3) is 0 Å². The lowest BCUT2D eigenvalue weighted by Crippen LogP contribution is -2.42. The number of rotatable bonds is 5. The van der Waals surface area contributed by atoms with Gasteiger partial charge in [-0.15, -0.1) is 0 Å². The van der Waals surface area contributed by atoms with Gasteiger partial charge < -0.3 is 10.2 Å². The zero-order valence-electron chi connectivity index (χ0n) is 11.8. The van der Waals surface area contributed by atoms with Crippen molar-refractivity contribution in [2.24, 2.45) is 11.8 Å². The summed E-state index contributed by atoms with van der Waals surface area (Å²) in [6.45, 7) is 9.72. The molecule has 1 aliphatic heterocycles. The molecule has 0 aromatic rings. The van der Waals surface area contributed by atoms with E-state index in [9.17, 15) is 0 Å². The van der Waals surface area contributed by atoms with E-state index in [1.54, 1.807) is 0 Å². The third-order valence-electron chi connectivity index (χ3n) is 4.48. The fraction of sp³-hybridized carbons (Fsp3) is 1.00. The molecular formula is C15H30N2. The van der Waals surface area contributed by atoms with Gasteiger partial charge in [0.05, 0.1) is 0 Å². The van der Waals surface area contributed by atoms with Crippen LogP contribution in [0.1, 0.15) is 52.4 Å². The summed E-state index contributed by atoms with van der Waals surface area (Å²) >= 11 is 0. The number of nitrogens with zero attached hydrogens (tertiary/aromatic N) is 1. The number of hydrogen-bond donors (Lipinski definition) is 1. The van der Waals surface area contributed by atoms with Crippen molar-refractivity contribution in [3.05, 3.63) is 0 Å². The molecule has 0 aromatic heterocycles. The Labute approximate surface area is 107 Å². The standard InChI is InChI=1S/C15H30N2/c1-13(2)11-16-12-14-7-9-17(10-8-14)15-5-3-4-6-15/h13-16H,3-12H2,1-2H3. The second-order valence-electron chi connectivity index (χ2n) is 6.47. The van der Waals surface area contributed by atoms with Crippen LogP contribution in [0.4, 0.5) is 0 Å².